The molecular weight excluding hydrogens is 258 g/mol. The Morgan fingerprint density at radius 1 is 1.26 bits per heavy atom. The van der Waals surface area contributed by atoms with Crippen LogP contribution in [0, 0.1) is 20.8 Å². The number of halogens is 1. The van der Waals surface area contributed by atoms with E-state index in [1.54, 1.807) is 18.5 Å². The van der Waals surface area contributed by atoms with Gasteiger partial charge in [0.1, 0.15) is 0 Å². The minimum Gasteiger partial charge on any atom is -0.376 e. The van der Waals surface area contributed by atoms with Crippen LogP contribution in [-0.4, -0.2) is 9.97 Å². The second kappa shape index (κ2) is 5.57. The van der Waals surface area contributed by atoms with Crippen LogP contribution in [0.25, 0.3) is 0 Å². The van der Waals surface area contributed by atoms with Crippen LogP contribution in [0.3, 0.4) is 0 Å². The average Bonchev–Trinajstić information content (AvgIpc) is 2.30. The summed E-state index contributed by atoms with van der Waals surface area (Å²) in [5.41, 5.74) is 5.40. The quantitative estimate of drug-likeness (QED) is 0.911. The molecule has 3 nitrogen and oxygen atoms in total. The first-order valence-corrected chi connectivity index (χ1v) is 6.67. The van der Waals surface area contributed by atoms with E-state index in [2.05, 4.69) is 35.2 Å². The summed E-state index contributed by atoms with van der Waals surface area (Å²) in [6, 6.07) is 4.02. The molecule has 2 heterocycles. The zero-order valence-electron chi connectivity index (χ0n) is 11.7. The van der Waals surface area contributed by atoms with Crippen molar-refractivity contribution in [3.8, 4) is 0 Å². The molecule has 0 aromatic carbocycles. The molecule has 19 heavy (non-hydrogen) atoms. The van der Waals surface area contributed by atoms with Crippen LogP contribution in [0.15, 0.2) is 24.5 Å². The Morgan fingerprint density at radius 2 is 2.00 bits per heavy atom. The Bertz CT molecular complexity index is 573. The highest BCUT2D eigenvalue weighted by Crippen LogP contribution is 2.28. The van der Waals surface area contributed by atoms with Crippen LogP contribution in [0.4, 0.5) is 5.69 Å². The number of anilines is 1. The number of pyridine rings is 2. The second-order valence-electron chi connectivity index (χ2n) is 4.80. The fourth-order valence-electron chi connectivity index (χ4n) is 2.48. The van der Waals surface area contributed by atoms with Crippen molar-refractivity contribution in [3.63, 3.8) is 0 Å². The lowest BCUT2D eigenvalue weighted by Crippen LogP contribution is -2.12. The monoisotopic (exact) mass is 275 g/mol. The topological polar surface area (TPSA) is 37.8 Å². The van der Waals surface area contributed by atoms with Crippen LogP contribution < -0.4 is 5.32 Å². The van der Waals surface area contributed by atoms with E-state index in [4.69, 9.17) is 11.6 Å². The highest BCUT2D eigenvalue weighted by atomic mass is 35.5. The van der Waals surface area contributed by atoms with Crippen LogP contribution >= 0.6 is 11.6 Å². The number of nitrogens with one attached hydrogen (secondary N) is 1. The Morgan fingerprint density at radius 3 is 2.63 bits per heavy atom. The highest BCUT2D eigenvalue weighted by Gasteiger charge is 2.14. The fraction of sp³-hybridized carbons (Fsp3) is 0.333. The molecule has 0 radical (unpaired) electrons. The molecule has 0 fully saturated rings. The van der Waals surface area contributed by atoms with Gasteiger partial charge in [-0.25, -0.2) is 0 Å². The smallest absolute Gasteiger partial charge is 0.0720 e. The first-order chi connectivity index (χ1) is 8.99. The first kappa shape index (κ1) is 13.8. The summed E-state index contributed by atoms with van der Waals surface area (Å²) in [6.07, 6.45) is 3.42. The van der Waals surface area contributed by atoms with E-state index in [1.165, 1.54) is 11.1 Å². The lowest BCUT2D eigenvalue weighted by molar-refractivity contribution is 0.842. The van der Waals surface area contributed by atoms with Crippen LogP contribution in [-0.2, 0) is 0 Å². The predicted molar refractivity (Wildman–Crippen MR) is 79.7 cm³/mol. The molecule has 2 rings (SSSR count). The van der Waals surface area contributed by atoms with Gasteiger partial charge >= 0.3 is 0 Å². The molecule has 1 unspecified atom stereocenters. The van der Waals surface area contributed by atoms with Crippen molar-refractivity contribution >= 4 is 17.3 Å². The largest absolute Gasteiger partial charge is 0.376 e. The van der Waals surface area contributed by atoms with E-state index in [0.717, 1.165) is 17.1 Å². The molecule has 0 saturated heterocycles. The Balaban J connectivity index is 2.31. The van der Waals surface area contributed by atoms with Gasteiger partial charge in [0.05, 0.1) is 22.9 Å². The maximum absolute atomic E-state index is 6.14. The summed E-state index contributed by atoms with van der Waals surface area (Å²) in [5, 5.41) is 4.07. The van der Waals surface area contributed by atoms with Gasteiger partial charge in [0, 0.05) is 17.6 Å². The van der Waals surface area contributed by atoms with Crippen molar-refractivity contribution in [3.05, 3.63) is 52.1 Å². The molecule has 1 atom stereocenters. The van der Waals surface area contributed by atoms with E-state index >= 15 is 0 Å². The molecule has 0 aliphatic rings. The van der Waals surface area contributed by atoms with Crippen molar-refractivity contribution in [2.45, 2.75) is 33.7 Å². The van der Waals surface area contributed by atoms with Crippen molar-refractivity contribution in [2.24, 2.45) is 0 Å². The molecular formula is C15H18ClN3. The lowest BCUT2D eigenvalue weighted by atomic mass is 10.0. The van der Waals surface area contributed by atoms with E-state index in [9.17, 15) is 0 Å². The third kappa shape index (κ3) is 3.04. The molecule has 0 aliphatic heterocycles. The minimum atomic E-state index is 0.134. The summed E-state index contributed by atoms with van der Waals surface area (Å²) >= 11 is 6.14. The molecule has 0 saturated carbocycles. The minimum absolute atomic E-state index is 0.134. The molecule has 0 spiro atoms. The third-order valence-electron chi connectivity index (χ3n) is 3.16. The average molecular weight is 276 g/mol. The van der Waals surface area contributed by atoms with Crippen molar-refractivity contribution in [2.75, 3.05) is 5.32 Å². The van der Waals surface area contributed by atoms with Crippen LogP contribution in [0.2, 0.25) is 5.02 Å². The summed E-state index contributed by atoms with van der Waals surface area (Å²) in [7, 11) is 0. The fourth-order valence-corrected chi connectivity index (χ4v) is 2.64. The zero-order chi connectivity index (χ0) is 14.0. The number of hydrogen-bond acceptors (Lipinski definition) is 3. The van der Waals surface area contributed by atoms with Crippen molar-refractivity contribution < 1.29 is 0 Å². The standard InChI is InChI=1S/C15H18ClN3/c1-9-7-10(2)18-11(3)15(9)12(4)19-14-8-17-6-5-13(14)16/h5-8,12,19H,1-4H3. The van der Waals surface area contributed by atoms with Crippen LogP contribution in [0.5, 0.6) is 0 Å². The summed E-state index contributed by atoms with van der Waals surface area (Å²) < 4.78 is 0. The van der Waals surface area contributed by atoms with Crippen LogP contribution in [0.1, 0.15) is 35.5 Å². The van der Waals surface area contributed by atoms with Gasteiger partial charge in [-0.3, -0.25) is 9.97 Å². The summed E-state index contributed by atoms with van der Waals surface area (Å²) in [5.74, 6) is 0. The normalized spacial score (nSPS) is 12.3. The number of aryl methyl sites for hydroxylation is 3. The first-order valence-electron chi connectivity index (χ1n) is 6.30. The second-order valence-corrected chi connectivity index (χ2v) is 5.21. The molecule has 4 heteroatoms. The number of rotatable bonds is 3. The maximum Gasteiger partial charge on any atom is 0.0720 e. The van der Waals surface area contributed by atoms with Gasteiger partial charge in [0.15, 0.2) is 0 Å². The maximum atomic E-state index is 6.14. The van der Waals surface area contributed by atoms with Gasteiger partial charge in [-0.15, -0.1) is 0 Å². The summed E-state index contributed by atoms with van der Waals surface area (Å²) in [6.45, 7) is 8.27. The van der Waals surface area contributed by atoms with Gasteiger partial charge in [0.2, 0.25) is 0 Å². The van der Waals surface area contributed by atoms with E-state index in [1.807, 2.05) is 13.8 Å². The van der Waals surface area contributed by atoms with E-state index < -0.39 is 0 Å². The van der Waals surface area contributed by atoms with Gasteiger partial charge in [-0.1, -0.05) is 11.6 Å². The SMILES string of the molecule is Cc1cc(C)c(C(C)Nc2cnccc2Cl)c(C)n1. The molecule has 0 bridgehead atoms. The van der Waals surface area contributed by atoms with Crippen molar-refractivity contribution in [1.82, 2.24) is 9.97 Å². The summed E-state index contributed by atoms with van der Waals surface area (Å²) in [4.78, 5) is 8.62. The predicted octanol–water partition coefficient (Wildman–Crippen LogP) is 4.23. The Kier molecular flexibility index (Phi) is 4.05. The molecule has 0 amide bonds. The number of nitrogens with zero attached hydrogens (tertiary/aromatic N) is 2. The highest BCUT2D eigenvalue weighted by molar-refractivity contribution is 6.33. The molecule has 2 aromatic rings. The molecule has 0 aliphatic carbocycles. The Labute approximate surface area is 119 Å². The van der Waals surface area contributed by atoms with Gasteiger partial charge in [-0.2, -0.15) is 0 Å². The number of aromatic nitrogens is 2. The molecule has 1 N–H and O–H groups in total. The Hall–Kier alpha value is -1.61. The molecule has 100 valence electrons. The van der Waals surface area contributed by atoms with E-state index in [-0.39, 0.29) is 6.04 Å². The van der Waals surface area contributed by atoms with Gasteiger partial charge in [-0.05, 0) is 51.0 Å². The lowest BCUT2D eigenvalue weighted by Gasteiger charge is -2.20. The van der Waals surface area contributed by atoms with Crippen molar-refractivity contribution in [1.29, 1.82) is 0 Å². The van der Waals surface area contributed by atoms with Gasteiger partial charge in [0.25, 0.3) is 0 Å². The molecule has 2 aromatic heterocycles. The third-order valence-corrected chi connectivity index (χ3v) is 3.49. The zero-order valence-corrected chi connectivity index (χ0v) is 12.4. The van der Waals surface area contributed by atoms with Gasteiger partial charge < -0.3 is 5.32 Å². The van der Waals surface area contributed by atoms with E-state index in [0.29, 0.717) is 5.02 Å². The number of hydrogen-bond donors (Lipinski definition) is 1.